The Hall–Kier alpha value is -0.470. The van der Waals surface area contributed by atoms with Crippen molar-refractivity contribution in [2.45, 2.75) is 45.6 Å². The first-order chi connectivity index (χ1) is 9.28. The maximum Gasteiger partial charge on any atom is 0.00683 e. The number of rotatable bonds is 9. The monoisotopic (exact) mass is 277 g/mol. The average molecular weight is 277 g/mol. The maximum absolute atomic E-state index is 3.71. The molecule has 106 valence electrons. The van der Waals surface area contributed by atoms with Crippen LogP contribution in [-0.2, 0) is 6.42 Å². The predicted molar refractivity (Wildman–Crippen MR) is 87.0 cm³/mol. The van der Waals surface area contributed by atoms with Gasteiger partial charge in [0.1, 0.15) is 0 Å². The molecule has 0 radical (unpaired) electrons. The molecule has 2 rings (SSSR count). The minimum atomic E-state index is 0.793. The molecule has 1 aromatic carbocycles. The molecule has 1 aliphatic carbocycles. The first-order valence-corrected chi connectivity index (χ1v) is 8.80. The van der Waals surface area contributed by atoms with Crippen LogP contribution in [0.1, 0.15) is 37.3 Å². The van der Waals surface area contributed by atoms with Crippen LogP contribution in [0.2, 0.25) is 0 Å². The summed E-state index contributed by atoms with van der Waals surface area (Å²) < 4.78 is 0. The second-order valence-electron chi connectivity index (χ2n) is 5.73. The number of benzene rings is 1. The largest absolute Gasteiger partial charge is 0.314 e. The lowest BCUT2D eigenvalue weighted by Crippen LogP contribution is -2.26. The Kier molecular flexibility index (Phi) is 6.25. The van der Waals surface area contributed by atoms with Crippen LogP contribution in [0, 0.1) is 12.8 Å². The predicted octanol–water partition coefficient (Wildman–Crippen LogP) is 4.05. The van der Waals surface area contributed by atoms with Crippen LogP contribution < -0.4 is 5.32 Å². The van der Waals surface area contributed by atoms with Gasteiger partial charge in [-0.3, -0.25) is 0 Å². The topological polar surface area (TPSA) is 12.0 Å². The summed E-state index contributed by atoms with van der Waals surface area (Å²) in [5, 5.41) is 3.71. The number of nitrogens with one attached hydrogen (secondary N) is 1. The lowest BCUT2D eigenvalue weighted by atomic mass is 9.96. The van der Waals surface area contributed by atoms with E-state index in [0.717, 1.165) is 12.0 Å². The Labute approximate surface area is 122 Å². The van der Waals surface area contributed by atoms with Crippen LogP contribution in [0.3, 0.4) is 0 Å². The first-order valence-electron chi connectivity index (χ1n) is 7.64. The number of thioether (sulfide) groups is 1. The van der Waals surface area contributed by atoms with E-state index in [1.807, 2.05) is 0 Å². The van der Waals surface area contributed by atoms with Gasteiger partial charge in [0.15, 0.2) is 0 Å². The van der Waals surface area contributed by atoms with Crippen molar-refractivity contribution in [3.8, 4) is 0 Å². The SMILES string of the molecule is CCSCCC(CNC1CC1)Cc1cccc(C)c1. The summed E-state index contributed by atoms with van der Waals surface area (Å²) in [6.45, 7) is 5.64. The molecule has 2 heteroatoms. The van der Waals surface area contributed by atoms with E-state index in [1.165, 1.54) is 54.9 Å². The van der Waals surface area contributed by atoms with Crippen LogP contribution in [0.4, 0.5) is 0 Å². The normalized spacial score (nSPS) is 16.5. The summed E-state index contributed by atoms with van der Waals surface area (Å²) >= 11 is 2.07. The van der Waals surface area contributed by atoms with Gasteiger partial charge in [-0.2, -0.15) is 11.8 Å². The van der Waals surface area contributed by atoms with Gasteiger partial charge in [-0.1, -0.05) is 36.8 Å². The molecule has 0 bridgehead atoms. The van der Waals surface area contributed by atoms with Crippen LogP contribution in [-0.4, -0.2) is 24.1 Å². The molecule has 1 aromatic rings. The zero-order chi connectivity index (χ0) is 13.5. The van der Waals surface area contributed by atoms with Crippen molar-refractivity contribution in [2.75, 3.05) is 18.1 Å². The highest BCUT2D eigenvalue weighted by Gasteiger charge is 2.21. The molecular weight excluding hydrogens is 250 g/mol. The fourth-order valence-corrected chi connectivity index (χ4v) is 3.25. The van der Waals surface area contributed by atoms with Gasteiger partial charge in [-0.25, -0.2) is 0 Å². The molecule has 0 heterocycles. The molecule has 0 aromatic heterocycles. The van der Waals surface area contributed by atoms with E-state index in [9.17, 15) is 0 Å². The Balaban J connectivity index is 1.83. The van der Waals surface area contributed by atoms with Crippen molar-refractivity contribution in [2.24, 2.45) is 5.92 Å². The van der Waals surface area contributed by atoms with Crippen molar-refractivity contribution in [3.63, 3.8) is 0 Å². The van der Waals surface area contributed by atoms with Gasteiger partial charge in [0.2, 0.25) is 0 Å². The summed E-state index contributed by atoms with van der Waals surface area (Å²) in [6.07, 6.45) is 5.35. The van der Waals surface area contributed by atoms with Crippen LogP contribution in [0.5, 0.6) is 0 Å². The van der Waals surface area contributed by atoms with E-state index in [1.54, 1.807) is 0 Å². The van der Waals surface area contributed by atoms with E-state index < -0.39 is 0 Å². The second-order valence-corrected chi connectivity index (χ2v) is 7.12. The fourth-order valence-electron chi connectivity index (χ4n) is 2.46. The highest BCUT2D eigenvalue weighted by atomic mass is 32.2. The van der Waals surface area contributed by atoms with Gasteiger partial charge < -0.3 is 5.32 Å². The molecular formula is C17H27NS. The lowest BCUT2D eigenvalue weighted by molar-refractivity contribution is 0.461. The van der Waals surface area contributed by atoms with Crippen molar-refractivity contribution in [1.82, 2.24) is 5.32 Å². The minimum Gasteiger partial charge on any atom is -0.314 e. The van der Waals surface area contributed by atoms with Gasteiger partial charge in [0.25, 0.3) is 0 Å². The maximum atomic E-state index is 3.71. The molecule has 0 aliphatic heterocycles. The molecule has 1 aliphatic rings. The Morgan fingerprint density at radius 2 is 2.21 bits per heavy atom. The molecule has 1 saturated carbocycles. The van der Waals surface area contributed by atoms with Crippen molar-refractivity contribution < 1.29 is 0 Å². The molecule has 0 amide bonds. The molecule has 1 nitrogen and oxygen atoms in total. The summed E-state index contributed by atoms with van der Waals surface area (Å²) in [7, 11) is 0. The minimum absolute atomic E-state index is 0.793. The van der Waals surface area contributed by atoms with E-state index >= 15 is 0 Å². The fraction of sp³-hybridized carbons (Fsp3) is 0.647. The Bertz CT molecular complexity index is 373. The van der Waals surface area contributed by atoms with Gasteiger partial charge in [-0.15, -0.1) is 0 Å². The van der Waals surface area contributed by atoms with Gasteiger partial charge in [-0.05, 0) is 62.1 Å². The quantitative estimate of drug-likeness (QED) is 0.683. The second kappa shape index (κ2) is 7.96. The molecule has 1 N–H and O–H groups in total. The van der Waals surface area contributed by atoms with E-state index in [-0.39, 0.29) is 0 Å². The van der Waals surface area contributed by atoms with Gasteiger partial charge in [0, 0.05) is 6.04 Å². The third-order valence-electron chi connectivity index (χ3n) is 3.75. The smallest absolute Gasteiger partial charge is 0.00683 e. The summed E-state index contributed by atoms with van der Waals surface area (Å²) in [4.78, 5) is 0. The summed E-state index contributed by atoms with van der Waals surface area (Å²) in [5.74, 6) is 3.34. The van der Waals surface area contributed by atoms with E-state index in [2.05, 4.69) is 55.2 Å². The van der Waals surface area contributed by atoms with Crippen LogP contribution in [0.25, 0.3) is 0 Å². The summed E-state index contributed by atoms with van der Waals surface area (Å²) in [6, 6.07) is 9.84. The zero-order valence-corrected chi connectivity index (χ0v) is 13.1. The molecule has 1 fully saturated rings. The van der Waals surface area contributed by atoms with Crippen LogP contribution >= 0.6 is 11.8 Å². The molecule has 0 saturated heterocycles. The number of hydrogen-bond acceptors (Lipinski definition) is 2. The highest BCUT2D eigenvalue weighted by Crippen LogP contribution is 2.21. The molecule has 1 atom stereocenters. The first kappa shape index (κ1) is 14.9. The Morgan fingerprint density at radius 3 is 2.89 bits per heavy atom. The average Bonchev–Trinajstić information content (AvgIpc) is 3.20. The lowest BCUT2D eigenvalue weighted by Gasteiger charge is -2.18. The molecule has 1 unspecified atom stereocenters. The third kappa shape index (κ3) is 6.01. The van der Waals surface area contributed by atoms with Crippen molar-refractivity contribution >= 4 is 11.8 Å². The van der Waals surface area contributed by atoms with Crippen molar-refractivity contribution in [3.05, 3.63) is 35.4 Å². The van der Waals surface area contributed by atoms with Gasteiger partial charge in [0.05, 0.1) is 0 Å². The van der Waals surface area contributed by atoms with Crippen molar-refractivity contribution in [1.29, 1.82) is 0 Å². The van der Waals surface area contributed by atoms with Crippen LogP contribution in [0.15, 0.2) is 24.3 Å². The third-order valence-corrected chi connectivity index (χ3v) is 4.69. The number of aryl methyl sites for hydroxylation is 1. The van der Waals surface area contributed by atoms with E-state index in [0.29, 0.717) is 0 Å². The Morgan fingerprint density at radius 1 is 1.37 bits per heavy atom. The van der Waals surface area contributed by atoms with E-state index in [4.69, 9.17) is 0 Å². The highest BCUT2D eigenvalue weighted by molar-refractivity contribution is 7.99. The standard InChI is InChI=1S/C17H27NS/c1-3-19-10-9-16(13-18-17-7-8-17)12-15-6-4-5-14(2)11-15/h4-6,11,16-18H,3,7-10,12-13H2,1-2H3. The number of hydrogen-bond donors (Lipinski definition) is 1. The summed E-state index contributed by atoms with van der Waals surface area (Å²) in [5.41, 5.74) is 2.89. The van der Waals surface area contributed by atoms with Gasteiger partial charge >= 0.3 is 0 Å². The molecule has 0 spiro atoms. The zero-order valence-electron chi connectivity index (χ0n) is 12.3. The molecule has 19 heavy (non-hydrogen) atoms.